The Balaban J connectivity index is 2.25. The standard InChI is InChI=1S/C14H16N4O3/c1-9(2)17-13(6-7-15-17)16-14(19)12-5-4-11(18(20)21)8-10(12)3/h4-9H,1-3H3,(H,16,19). The smallest absolute Gasteiger partial charge is 0.269 e. The van der Waals surface area contributed by atoms with Gasteiger partial charge in [0, 0.05) is 29.8 Å². The first-order valence-corrected chi connectivity index (χ1v) is 6.50. The zero-order valence-electron chi connectivity index (χ0n) is 12.0. The molecule has 0 fully saturated rings. The van der Waals surface area contributed by atoms with Crippen molar-refractivity contribution >= 4 is 17.4 Å². The molecule has 0 aliphatic carbocycles. The van der Waals surface area contributed by atoms with Gasteiger partial charge in [0.2, 0.25) is 0 Å². The fourth-order valence-corrected chi connectivity index (χ4v) is 2.02. The molecule has 0 saturated carbocycles. The highest BCUT2D eigenvalue weighted by atomic mass is 16.6. The number of nitro benzene ring substituents is 1. The van der Waals surface area contributed by atoms with Crippen LogP contribution >= 0.6 is 0 Å². The maximum absolute atomic E-state index is 12.3. The van der Waals surface area contributed by atoms with Crippen LogP contribution in [0.4, 0.5) is 11.5 Å². The SMILES string of the molecule is Cc1cc([N+](=O)[O-])ccc1C(=O)Nc1ccnn1C(C)C. The Labute approximate surface area is 121 Å². The molecule has 110 valence electrons. The van der Waals surface area contributed by atoms with Crippen LogP contribution in [0.15, 0.2) is 30.5 Å². The summed E-state index contributed by atoms with van der Waals surface area (Å²) in [5.41, 5.74) is 0.922. The van der Waals surface area contributed by atoms with Crippen LogP contribution < -0.4 is 5.32 Å². The summed E-state index contributed by atoms with van der Waals surface area (Å²) in [6, 6.07) is 5.99. The molecule has 1 aromatic carbocycles. The van der Waals surface area contributed by atoms with Crippen LogP contribution in [0.25, 0.3) is 0 Å². The van der Waals surface area contributed by atoms with E-state index < -0.39 is 4.92 Å². The van der Waals surface area contributed by atoms with Crippen molar-refractivity contribution in [2.24, 2.45) is 0 Å². The first kappa shape index (κ1) is 14.7. The molecule has 0 bridgehead atoms. The number of nitrogens with zero attached hydrogens (tertiary/aromatic N) is 3. The van der Waals surface area contributed by atoms with Gasteiger partial charge >= 0.3 is 0 Å². The highest BCUT2D eigenvalue weighted by molar-refractivity contribution is 6.05. The van der Waals surface area contributed by atoms with E-state index in [0.29, 0.717) is 16.9 Å². The second kappa shape index (κ2) is 5.74. The number of carbonyl (C=O) groups is 1. The minimum atomic E-state index is -0.484. The molecule has 1 aromatic heterocycles. The normalized spacial score (nSPS) is 10.7. The second-order valence-electron chi connectivity index (χ2n) is 4.97. The van der Waals surface area contributed by atoms with E-state index in [1.54, 1.807) is 23.9 Å². The van der Waals surface area contributed by atoms with Gasteiger partial charge in [0.1, 0.15) is 5.82 Å². The molecule has 21 heavy (non-hydrogen) atoms. The molecule has 7 nitrogen and oxygen atoms in total. The highest BCUT2D eigenvalue weighted by Crippen LogP contribution is 2.19. The number of hydrogen-bond donors (Lipinski definition) is 1. The number of rotatable bonds is 4. The van der Waals surface area contributed by atoms with Crippen LogP contribution in [-0.4, -0.2) is 20.6 Å². The van der Waals surface area contributed by atoms with E-state index in [4.69, 9.17) is 0 Å². The number of carbonyl (C=O) groups excluding carboxylic acids is 1. The maximum Gasteiger partial charge on any atom is 0.269 e. The van der Waals surface area contributed by atoms with Crippen molar-refractivity contribution in [3.05, 3.63) is 51.7 Å². The number of amides is 1. The van der Waals surface area contributed by atoms with Gasteiger partial charge in [0.15, 0.2) is 0 Å². The van der Waals surface area contributed by atoms with Crippen LogP contribution in [-0.2, 0) is 0 Å². The second-order valence-corrected chi connectivity index (χ2v) is 4.97. The summed E-state index contributed by atoms with van der Waals surface area (Å²) in [6.45, 7) is 5.58. The number of aryl methyl sites for hydroxylation is 1. The zero-order chi connectivity index (χ0) is 15.6. The number of nitro groups is 1. The number of non-ortho nitro benzene ring substituents is 1. The summed E-state index contributed by atoms with van der Waals surface area (Å²) in [7, 11) is 0. The van der Waals surface area contributed by atoms with Crippen LogP contribution in [0.1, 0.15) is 35.8 Å². The summed E-state index contributed by atoms with van der Waals surface area (Å²) < 4.78 is 1.69. The van der Waals surface area contributed by atoms with E-state index in [0.717, 1.165) is 0 Å². The van der Waals surface area contributed by atoms with Crippen molar-refractivity contribution in [1.29, 1.82) is 0 Å². The first-order valence-electron chi connectivity index (χ1n) is 6.50. The average Bonchev–Trinajstić information content (AvgIpc) is 2.86. The van der Waals surface area contributed by atoms with Gasteiger partial charge in [0.25, 0.3) is 11.6 Å². The van der Waals surface area contributed by atoms with Crippen LogP contribution in [0, 0.1) is 17.0 Å². The number of anilines is 1. The number of aromatic nitrogens is 2. The van der Waals surface area contributed by atoms with Crippen molar-refractivity contribution in [3.63, 3.8) is 0 Å². The third kappa shape index (κ3) is 3.07. The molecular weight excluding hydrogens is 272 g/mol. The number of benzene rings is 1. The summed E-state index contributed by atoms with van der Waals surface area (Å²) in [6.07, 6.45) is 1.61. The zero-order valence-corrected chi connectivity index (χ0v) is 12.0. The third-order valence-corrected chi connectivity index (χ3v) is 3.07. The van der Waals surface area contributed by atoms with Gasteiger partial charge < -0.3 is 5.32 Å². The van der Waals surface area contributed by atoms with Gasteiger partial charge in [-0.25, -0.2) is 4.68 Å². The molecule has 0 aliphatic rings. The lowest BCUT2D eigenvalue weighted by atomic mass is 10.1. The van der Waals surface area contributed by atoms with Gasteiger partial charge in [-0.3, -0.25) is 14.9 Å². The van der Waals surface area contributed by atoms with E-state index >= 15 is 0 Å². The van der Waals surface area contributed by atoms with Crippen molar-refractivity contribution < 1.29 is 9.72 Å². The van der Waals surface area contributed by atoms with Gasteiger partial charge in [-0.05, 0) is 32.4 Å². The van der Waals surface area contributed by atoms with Crippen LogP contribution in [0.5, 0.6) is 0 Å². The largest absolute Gasteiger partial charge is 0.307 e. The summed E-state index contributed by atoms with van der Waals surface area (Å²) >= 11 is 0. The molecular formula is C14H16N4O3. The molecule has 1 N–H and O–H groups in total. The molecule has 0 unspecified atom stereocenters. The van der Waals surface area contributed by atoms with E-state index in [2.05, 4.69) is 10.4 Å². The van der Waals surface area contributed by atoms with Gasteiger partial charge in [-0.1, -0.05) is 0 Å². The topological polar surface area (TPSA) is 90.1 Å². The van der Waals surface area contributed by atoms with Crippen molar-refractivity contribution in [2.75, 3.05) is 5.32 Å². The van der Waals surface area contributed by atoms with Gasteiger partial charge in [-0.15, -0.1) is 0 Å². The van der Waals surface area contributed by atoms with E-state index in [1.807, 2.05) is 13.8 Å². The highest BCUT2D eigenvalue weighted by Gasteiger charge is 2.15. The predicted molar refractivity (Wildman–Crippen MR) is 78.4 cm³/mol. The molecule has 1 amide bonds. The predicted octanol–water partition coefficient (Wildman–Crippen LogP) is 2.93. The molecule has 0 radical (unpaired) electrons. The fraction of sp³-hybridized carbons (Fsp3) is 0.286. The molecule has 2 aromatic rings. The molecule has 2 rings (SSSR count). The molecule has 0 spiro atoms. The Hall–Kier alpha value is -2.70. The van der Waals surface area contributed by atoms with Crippen molar-refractivity contribution in [2.45, 2.75) is 26.8 Å². The Bertz CT molecular complexity index is 691. The van der Waals surface area contributed by atoms with Gasteiger partial charge in [0.05, 0.1) is 11.1 Å². The van der Waals surface area contributed by atoms with Crippen LogP contribution in [0.3, 0.4) is 0 Å². The van der Waals surface area contributed by atoms with Gasteiger partial charge in [-0.2, -0.15) is 5.10 Å². The quantitative estimate of drug-likeness (QED) is 0.691. The monoisotopic (exact) mass is 288 g/mol. The van der Waals surface area contributed by atoms with Crippen molar-refractivity contribution in [1.82, 2.24) is 9.78 Å². The van der Waals surface area contributed by atoms with E-state index in [9.17, 15) is 14.9 Å². The summed E-state index contributed by atoms with van der Waals surface area (Å²) in [5.74, 6) is 0.276. The van der Waals surface area contributed by atoms with E-state index in [-0.39, 0.29) is 17.6 Å². The summed E-state index contributed by atoms with van der Waals surface area (Å²) in [5, 5.41) is 17.6. The maximum atomic E-state index is 12.3. The number of hydrogen-bond acceptors (Lipinski definition) is 4. The lowest BCUT2D eigenvalue weighted by molar-refractivity contribution is -0.384. The minimum Gasteiger partial charge on any atom is -0.307 e. The molecule has 7 heteroatoms. The Morgan fingerprint density at radius 3 is 2.67 bits per heavy atom. The van der Waals surface area contributed by atoms with Crippen molar-refractivity contribution in [3.8, 4) is 0 Å². The lowest BCUT2D eigenvalue weighted by Crippen LogP contribution is -2.17. The average molecular weight is 288 g/mol. The third-order valence-electron chi connectivity index (χ3n) is 3.07. The number of nitrogens with one attached hydrogen (secondary N) is 1. The summed E-state index contributed by atoms with van der Waals surface area (Å²) in [4.78, 5) is 22.5. The fourth-order valence-electron chi connectivity index (χ4n) is 2.02. The first-order chi connectivity index (χ1) is 9.90. The minimum absolute atomic E-state index is 0.0312. The molecule has 1 heterocycles. The lowest BCUT2D eigenvalue weighted by Gasteiger charge is -2.12. The Kier molecular flexibility index (Phi) is 4.02. The molecule has 0 atom stereocenters. The van der Waals surface area contributed by atoms with Crippen LogP contribution in [0.2, 0.25) is 0 Å². The molecule has 0 saturated heterocycles. The van der Waals surface area contributed by atoms with E-state index in [1.165, 1.54) is 18.2 Å². The Morgan fingerprint density at radius 1 is 1.38 bits per heavy atom. The Morgan fingerprint density at radius 2 is 2.10 bits per heavy atom. The molecule has 0 aliphatic heterocycles.